The molecule has 0 aromatic rings. The first-order valence-electron chi connectivity index (χ1n) is 6.07. The van der Waals surface area contributed by atoms with Gasteiger partial charge in [-0.1, -0.05) is 0 Å². The second-order valence-electron chi connectivity index (χ2n) is 6.16. The lowest BCUT2D eigenvalue weighted by Crippen LogP contribution is -2.46. The lowest BCUT2D eigenvalue weighted by atomic mass is 9.94. The van der Waals surface area contributed by atoms with E-state index in [0.717, 1.165) is 13.0 Å². The summed E-state index contributed by atoms with van der Waals surface area (Å²) in [5, 5.41) is 0. The first-order chi connectivity index (χ1) is 7.30. The van der Waals surface area contributed by atoms with Gasteiger partial charge in [-0.05, 0) is 46.0 Å². The summed E-state index contributed by atoms with van der Waals surface area (Å²) >= 11 is 0. The van der Waals surface area contributed by atoms with E-state index in [1.165, 1.54) is 12.8 Å². The Morgan fingerprint density at radius 3 is 2.56 bits per heavy atom. The maximum absolute atomic E-state index is 11.8. The van der Waals surface area contributed by atoms with Crippen molar-refractivity contribution in [1.29, 1.82) is 0 Å². The van der Waals surface area contributed by atoms with Gasteiger partial charge in [-0.25, -0.2) is 4.79 Å². The van der Waals surface area contributed by atoms with Crippen molar-refractivity contribution in [3.05, 3.63) is 0 Å². The highest BCUT2D eigenvalue weighted by atomic mass is 16.6. The summed E-state index contributed by atoms with van der Waals surface area (Å²) in [6.45, 7) is 7.06. The molecule has 0 bridgehead atoms. The van der Waals surface area contributed by atoms with Gasteiger partial charge in [0.2, 0.25) is 0 Å². The molecule has 1 aliphatic heterocycles. The Morgan fingerprint density at radius 2 is 2.06 bits per heavy atom. The van der Waals surface area contributed by atoms with Crippen molar-refractivity contribution >= 4 is 6.09 Å². The Morgan fingerprint density at radius 1 is 1.44 bits per heavy atom. The summed E-state index contributed by atoms with van der Waals surface area (Å²) in [5.74, 6) is 0.625. The number of nitrogens with two attached hydrogens (primary N) is 1. The van der Waals surface area contributed by atoms with Crippen LogP contribution in [0.1, 0.15) is 40.0 Å². The van der Waals surface area contributed by atoms with Gasteiger partial charge >= 0.3 is 6.09 Å². The molecule has 1 heterocycles. The zero-order valence-electron chi connectivity index (χ0n) is 10.5. The lowest BCUT2D eigenvalue weighted by Gasteiger charge is -2.27. The van der Waals surface area contributed by atoms with E-state index < -0.39 is 5.60 Å². The van der Waals surface area contributed by atoms with E-state index >= 15 is 0 Å². The molecule has 0 aromatic heterocycles. The van der Waals surface area contributed by atoms with Gasteiger partial charge in [0, 0.05) is 18.6 Å². The van der Waals surface area contributed by atoms with Crippen molar-refractivity contribution in [1.82, 2.24) is 4.90 Å². The van der Waals surface area contributed by atoms with E-state index in [-0.39, 0.29) is 11.6 Å². The van der Waals surface area contributed by atoms with Crippen LogP contribution in [0.5, 0.6) is 0 Å². The fourth-order valence-electron chi connectivity index (χ4n) is 2.33. The standard InChI is InChI=1S/C12H22N2O2/c1-11(2,3)16-10(15)14-7-6-12(13,8-14)9-4-5-9/h9H,4-8,13H2,1-3H3. The quantitative estimate of drug-likeness (QED) is 0.741. The smallest absolute Gasteiger partial charge is 0.410 e. The topological polar surface area (TPSA) is 55.6 Å². The fraction of sp³-hybridized carbons (Fsp3) is 0.917. The first-order valence-corrected chi connectivity index (χ1v) is 6.07. The Kier molecular flexibility index (Phi) is 2.65. The second-order valence-corrected chi connectivity index (χ2v) is 6.16. The number of amides is 1. The third-order valence-electron chi connectivity index (χ3n) is 3.37. The molecule has 2 fully saturated rings. The number of likely N-dealkylation sites (tertiary alicyclic amines) is 1. The number of carbonyl (C=O) groups excluding carboxylic acids is 1. The third kappa shape index (κ3) is 2.48. The van der Waals surface area contributed by atoms with Crippen LogP contribution < -0.4 is 5.73 Å². The van der Waals surface area contributed by atoms with Crippen LogP contribution in [0.25, 0.3) is 0 Å². The van der Waals surface area contributed by atoms with E-state index in [2.05, 4.69) is 0 Å². The van der Waals surface area contributed by atoms with Gasteiger partial charge in [-0.15, -0.1) is 0 Å². The predicted octanol–water partition coefficient (Wildman–Crippen LogP) is 1.73. The number of nitrogens with zero attached hydrogens (tertiary/aromatic N) is 1. The molecule has 2 N–H and O–H groups in total. The molecule has 2 rings (SSSR count). The van der Waals surface area contributed by atoms with Gasteiger partial charge < -0.3 is 15.4 Å². The van der Waals surface area contributed by atoms with Crippen LogP contribution in [-0.4, -0.2) is 35.2 Å². The monoisotopic (exact) mass is 226 g/mol. The maximum Gasteiger partial charge on any atom is 0.410 e. The molecule has 16 heavy (non-hydrogen) atoms. The molecule has 4 nitrogen and oxygen atoms in total. The lowest BCUT2D eigenvalue weighted by molar-refractivity contribution is 0.0282. The van der Waals surface area contributed by atoms with Crippen LogP contribution in [0.15, 0.2) is 0 Å². The molecule has 1 unspecified atom stereocenters. The summed E-state index contributed by atoms with van der Waals surface area (Å²) in [6, 6.07) is 0. The Labute approximate surface area is 97.1 Å². The van der Waals surface area contributed by atoms with Gasteiger partial charge in [0.1, 0.15) is 5.60 Å². The first kappa shape index (κ1) is 11.7. The highest BCUT2D eigenvalue weighted by Crippen LogP contribution is 2.43. The van der Waals surface area contributed by atoms with Gasteiger partial charge in [0.05, 0.1) is 0 Å². The van der Waals surface area contributed by atoms with Crippen LogP contribution >= 0.6 is 0 Å². The fourth-order valence-corrected chi connectivity index (χ4v) is 2.33. The zero-order chi connectivity index (χ0) is 12.0. The van der Waals surface area contributed by atoms with Crippen molar-refractivity contribution in [2.75, 3.05) is 13.1 Å². The SMILES string of the molecule is CC(C)(C)OC(=O)N1CCC(N)(C2CC2)C1. The molecule has 1 saturated heterocycles. The van der Waals surface area contributed by atoms with Crippen molar-refractivity contribution in [3.8, 4) is 0 Å². The molecule has 0 spiro atoms. The largest absolute Gasteiger partial charge is 0.444 e. The summed E-state index contributed by atoms with van der Waals surface area (Å²) in [5.41, 5.74) is 5.74. The van der Waals surface area contributed by atoms with E-state index in [4.69, 9.17) is 10.5 Å². The number of ether oxygens (including phenoxy) is 1. The highest BCUT2D eigenvalue weighted by Gasteiger charge is 2.48. The molecule has 2 aliphatic rings. The molecule has 1 saturated carbocycles. The van der Waals surface area contributed by atoms with Crippen molar-refractivity contribution < 1.29 is 9.53 Å². The number of hydrogen-bond donors (Lipinski definition) is 1. The van der Waals surface area contributed by atoms with Crippen molar-refractivity contribution in [2.24, 2.45) is 11.7 Å². The molecule has 1 aliphatic carbocycles. The van der Waals surface area contributed by atoms with E-state index in [1.54, 1.807) is 4.90 Å². The number of rotatable bonds is 1. The maximum atomic E-state index is 11.8. The minimum atomic E-state index is -0.420. The molecular formula is C12H22N2O2. The highest BCUT2D eigenvalue weighted by molar-refractivity contribution is 5.68. The Hall–Kier alpha value is -0.770. The molecular weight excluding hydrogens is 204 g/mol. The average molecular weight is 226 g/mol. The van der Waals surface area contributed by atoms with Crippen LogP contribution in [0.2, 0.25) is 0 Å². The third-order valence-corrected chi connectivity index (χ3v) is 3.37. The minimum Gasteiger partial charge on any atom is -0.444 e. The van der Waals surface area contributed by atoms with Crippen molar-refractivity contribution in [2.45, 2.75) is 51.2 Å². The molecule has 0 aromatic carbocycles. The van der Waals surface area contributed by atoms with E-state index in [1.807, 2.05) is 20.8 Å². The van der Waals surface area contributed by atoms with Crippen LogP contribution in [0.3, 0.4) is 0 Å². The van der Waals surface area contributed by atoms with Crippen LogP contribution in [0.4, 0.5) is 4.79 Å². The number of carbonyl (C=O) groups is 1. The summed E-state index contributed by atoms with van der Waals surface area (Å²) in [6.07, 6.45) is 3.13. The minimum absolute atomic E-state index is 0.142. The zero-order valence-corrected chi connectivity index (χ0v) is 10.5. The normalized spacial score (nSPS) is 30.6. The van der Waals surface area contributed by atoms with Gasteiger partial charge in [0.25, 0.3) is 0 Å². The van der Waals surface area contributed by atoms with Crippen molar-refractivity contribution in [3.63, 3.8) is 0 Å². The molecule has 0 radical (unpaired) electrons. The van der Waals surface area contributed by atoms with E-state index in [9.17, 15) is 4.79 Å². The second kappa shape index (κ2) is 3.62. The van der Waals surface area contributed by atoms with Crippen LogP contribution in [-0.2, 0) is 4.74 Å². The predicted molar refractivity (Wildman–Crippen MR) is 62.1 cm³/mol. The van der Waals surface area contributed by atoms with E-state index in [0.29, 0.717) is 12.5 Å². The molecule has 92 valence electrons. The van der Waals surface area contributed by atoms with Gasteiger partial charge in [0.15, 0.2) is 0 Å². The molecule has 4 heteroatoms. The van der Waals surface area contributed by atoms with Gasteiger partial charge in [-0.2, -0.15) is 0 Å². The summed E-state index contributed by atoms with van der Waals surface area (Å²) in [4.78, 5) is 13.6. The Balaban J connectivity index is 1.90. The number of hydrogen-bond acceptors (Lipinski definition) is 3. The Bertz CT molecular complexity index is 294. The van der Waals surface area contributed by atoms with Gasteiger partial charge in [-0.3, -0.25) is 0 Å². The molecule has 1 atom stereocenters. The summed E-state index contributed by atoms with van der Waals surface area (Å²) < 4.78 is 5.35. The summed E-state index contributed by atoms with van der Waals surface area (Å²) in [7, 11) is 0. The van der Waals surface area contributed by atoms with Crippen LogP contribution in [0, 0.1) is 5.92 Å². The molecule has 1 amide bonds. The average Bonchev–Trinajstić information content (AvgIpc) is 2.88.